The Morgan fingerprint density at radius 3 is 2.76 bits per heavy atom. The highest BCUT2D eigenvalue weighted by Gasteiger charge is 2.37. The molecule has 1 heterocycles. The molecule has 0 bridgehead atoms. The number of nitrogens with zero attached hydrogens (tertiary/aromatic N) is 2. The second kappa shape index (κ2) is 4.89. The first-order chi connectivity index (χ1) is 8.05. The summed E-state index contributed by atoms with van der Waals surface area (Å²) in [5.41, 5.74) is 0. The third-order valence-electron chi connectivity index (χ3n) is 2.58. The molecule has 1 aromatic heterocycles. The molecule has 0 amide bonds. The van der Waals surface area contributed by atoms with Gasteiger partial charge in [0.1, 0.15) is 5.15 Å². The minimum Gasteiger partial charge on any atom is -0.395 e. The molecule has 1 aliphatic rings. The van der Waals surface area contributed by atoms with E-state index < -0.39 is 10.0 Å². The van der Waals surface area contributed by atoms with Gasteiger partial charge >= 0.3 is 0 Å². The number of hydrogen-bond acceptors (Lipinski definition) is 4. The highest BCUT2D eigenvalue weighted by atomic mass is 35.5. The van der Waals surface area contributed by atoms with Crippen LogP contribution in [0.4, 0.5) is 0 Å². The average Bonchev–Trinajstić information content (AvgIpc) is 3.09. The van der Waals surface area contributed by atoms with Gasteiger partial charge in [0.25, 0.3) is 0 Å². The molecule has 1 aliphatic carbocycles. The number of aliphatic hydroxyl groups excluding tert-OH is 1. The van der Waals surface area contributed by atoms with Gasteiger partial charge in [-0.3, -0.25) is 0 Å². The van der Waals surface area contributed by atoms with Crippen LogP contribution in [0.15, 0.2) is 23.2 Å². The van der Waals surface area contributed by atoms with Crippen molar-refractivity contribution in [1.82, 2.24) is 9.29 Å². The lowest BCUT2D eigenvalue weighted by Crippen LogP contribution is -2.35. The zero-order valence-electron chi connectivity index (χ0n) is 9.08. The Morgan fingerprint density at radius 1 is 1.53 bits per heavy atom. The molecule has 7 heteroatoms. The molecule has 1 N–H and O–H groups in total. The predicted octanol–water partition coefficient (Wildman–Crippen LogP) is 0.880. The predicted molar refractivity (Wildman–Crippen MR) is 63.2 cm³/mol. The van der Waals surface area contributed by atoms with Crippen molar-refractivity contribution in [2.24, 2.45) is 0 Å². The number of sulfonamides is 1. The lowest BCUT2D eigenvalue weighted by atomic mass is 10.5. The quantitative estimate of drug-likeness (QED) is 0.811. The van der Waals surface area contributed by atoms with Gasteiger partial charge in [0.2, 0.25) is 10.0 Å². The lowest BCUT2D eigenvalue weighted by molar-refractivity contribution is 0.250. The summed E-state index contributed by atoms with van der Waals surface area (Å²) in [6.07, 6.45) is 3.05. The van der Waals surface area contributed by atoms with Crippen molar-refractivity contribution >= 4 is 21.6 Å². The van der Waals surface area contributed by atoms with Gasteiger partial charge in [-0.05, 0) is 25.0 Å². The van der Waals surface area contributed by atoms with Crippen LogP contribution in [-0.2, 0) is 10.0 Å². The maximum atomic E-state index is 12.3. The van der Waals surface area contributed by atoms with Gasteiger partial charge in [-0.2, -0.15) is 4.31 Å². The number of aromatic nitrogens is 1. The molecule has 5 nitrogen and oxygen atoms in total. The van der Waals surface area contributed by atoms with E-state index in [1.807, 2.05) is 0 Å². The van der Waals surface area contributed by atoms with Crippen molar-refractivity contribution in [1.29, 1.82) is 0 Å². The van der Waals surface area contributed by atoms with Gasteiger partial charge in [0, 0.05) is 18.8 Å². The van der Waals surface area contributed by atoms with E-state index in [4.69, 9.17) is 16.7 Å². The topological polar surface area (TPSA) is 70.5 Å². The summed E-state index contributed by atoms with van der Waals surface area (Å²) in [5, 5.41) is 9.08. The normalized spacial score (nSPS) is 16.4. The van der Waals surface area contributed by atoms with Crippen LogP contribution in [0.5, 0.6) is 0 Å². The average molecular weight is 277 g/mol. The van der Waals surface area contributed by atoms with Crippen LogP contribution in [0.25, 0.3) is 0 Å². The third-order valence-corrected chi connectivity index (χ3v) is 4.73. The number of hydrogen-bond donors (Lipinski definition) is 1. The number of pyridine rings is 1. The lowest BCUT2D eigenvalue weighted by Gasteiger charge is -2.20. The summed E-state index contributed by atoms with van der Waals surface area (Å²) < 4.78 is 25.9. The van der Waals surface area contributed by atoms with Gasteiger partial charge in [-0.15, -0.1) is 0 Å². The molecule has 1 saturated carbocycles. The summed E-state index contributed by atoms with van der Waals surface area (Å²) in [6.45, 7) is -0.0680. The molecule has 0 aliphatic heterocycles. The molecule has 2 rings (SSSR count). The number of rotatable bonds is 5. The van der Waals surface area contributed by atoms with E-state index in [1.165, 1.54) is 22.6 Å². The van der Waals surface area contributed by atoms with E-state index in [0.717, 1.165) is 12.8 Å². The van der Waals surface area contributed by atoms with Gasteiger partial charge in [-0.25, -0.2) is 13.4 Å². The van der Waals surface area contributed by atoms with Crippen LogP contribution in [0.3, 0.4) is 0 Å². The van der Waals surface area contributed by atoms with Crippen molar-refractivity contribution in [2.75, 3.05) is 13.2 Å². The molecule has 0 atom stereocenters. The Labute approximate surface area is 105 Å². The van der Waals surface area contributed by atoms with Crippen LogP contribution >= 0.6 is 11.6 Å². The molecule has 0 saturated heterocycles. The summed E-state index contributed by atoms with van der Waals surface area (Å²) in [6, 6.07) is 2.75. The molecule has 0 aromatic carbocycles. The molecule has 1 fully saturated rings. The van der Waals surface area contributed by atoms with Gasteiger partial charge in [-0.1, -0.05) is 11.6 Å². The highest BCUT2D eigenvalue weighted by Crippen LogP contribution is 2.31. The van der Waals surface area contributed by atoms with Crippen molar-refractivity contribution in [3.05, 3.63) is 23.5 Å². The first kappa shape index (κ1) is 12.8. The molecule has 94 valence electrons. The van der Waals surface area contributed by atoms with E-state index in [1.54, 1.807) is 0 Å². The smallest absolute Gasteiger partial charge is 0.243 e. The maximum Gasteiger partial charge on any atom is 0.243 e. The summed E-state index contributed by atoms with van der Waals surface area (Å²) in [5.74, 6) is 0. The minimum absolute atomic E-state index is 0.0130. The van der Waals surface area contributed by atoms with Gasteiger partial charge in [0.05, 0.1) is 11.5 Å². The van der Waals surface area contributed by atoms with E-state index in [9.17, 15) is 8.42 Å². The van der Waals surface area contributed by atoms with E-state index in [0.29, 0.717) is 0 Å². The minimum atomic E-state index is -3.57. The Hall–Kier alpha value is -0.690. The van der Waals surface area contributed by atoms with Crippen LogP contribution in [0.1, 0.15) is 12.8 Å². The SMILES string of the molecule is O=S(=O)(c1ccnc(Cl)c1)N(CCO)C1CC1. The molecule has 0 radical (unpaired) electrons. The molecule has 1 aromatic rings. The first-order valence-corrected chi connectivity index (χ1v) is 7.12. The Bertz CT molecular complexity index is 502. The van der Waals surface area contributed by atoms with Crippen LogP contribution in [0.2, 0.25) is 5.15 Å². The molecule has 17 heavy (non-hydrogen) atoms. The fourth-order valence-electron chi connectivity index (χ4n) is 1.64. The zero-order valence-corrected chi connectivity index (χ0v) is 10.7. The molecular formula is C10H13ClN2O3S. The molecule has 0 unspecified atom stereocenters. The second-order valence-electron chi connectivity index (χ2n) is 3.88. The van der Waals surface area contributed by atoms with Crippen LogP contribution in [-0.4, -0.2) is 42.0 Å². The van der Waals surface area contributed by atoms with Gasteiger partial charge < -0.3 is 5.11 Å². The first-order valence-electron chi connectivity index (χ1n) is 5.30. The number of aliphatic hydroxyl groups is 1. The Balaban J connectivity index is 2.33. The van der Waals surface area contributed by atoms with Crippen LogP contribution in [0, 0.1) is 0 Å². The molecule has 0 spiro atoms. The van der Waals surface area contributed by atoms with E-state index in [-0.39, 0.29) is 29.2 Å². The standard InChI is InChI=1S/C10H13ClN2O3S/c11-10-7-9(3-4-12-10)17(15,16)13(5-6-14)8-1-2-8/h3-4,7-8,14H,1-2,5-6H2. The monoisotopic (exact) mass is 276 g/mol. The van der Waals surface area contributed by atoms with Crippen molar-refractivity contribution in [2.45, 2.75) is 23.8 Å². The van der Waals surface area contributed by atoms with E-state index in [2.05, 4.69) is 4.98 Å². The van der Waals surface area contributed by atoms with Crippen LogP contribution < -0.4 is 0 Å². The van der Waals surface area contributed by atoms with Crippen molar-refractivity contribution < 1.29 is 13.5 Å². The Kier molecular flexibility index (Phi) is 3.67. The zero-order chi connectivity index (χ0) is 12.5. The highest BCUT2D eigenvalue weighted by molar-refractivity contribution is 7.89. The summed E-state index contributed by atoms with van der Waals surface area (Å²) >= 11 is 5.68. The summed E-state index contributed by atoms with van der Waals surface area (Å²) in [4.78, 5) is 3.88. The fraction of sp³-hybridized carbons (Fsp3) is 0.500. The largest absolute Gasteiger partial charge is 0.395 e. The maximum absolute atomic E-state index is 12.3. The fourth-order valence-corrected chi connectivity index (χ4v) is 3.57. The van der Waals surface area contributed by atoms with Gasteiger partial charge in [0.15, 0.2) is 0 Å². The third kappa shape index (κ3) is 2.77. The second-order valence-corrected chi connectivity index (χ2v) is 6.16. The summed E-state index contributed by atoms with van der Waals surface area (Å²) in [7, 11) is -3.57. The Morgan fingerprint density at radius 2 is 2.24 bits per heavy atom. The molecular weight excluding hydrogens is 264 g/mol. The van der Waals surface area contributed by atoms with Crippen molar-refractivity contribution in [3.63, 3.8) is 0 Å². The van der Waals surface area contributed by atoms with E-state index >= 15 is 0 Å². The van der Waals surface area contributed by atoms with Crippen molar-refractivity contribution in [3.8, 4) is 0 Å². The number of halogens is 1.